The molecule has 18 heavy (non-hydrogen) atoms. The lowest BCUT2D eigenvalue weighted by atomic mass is 9.78. The Morgan fingerprint density at radius 1 is 1.06 bits per heavy atom. The van der Waals surface area contributed by atoms with E-state index in [4.69, 9.17) is 0 Å². The van der Waals surface area contributed by atoms with Crippen molar-refractivity contribution in [2.75, 3.05) is 26.2 Å². The normalized spacial score (nSPS) is 19.7. The molecule has 1 rings (SSSR count). The molecule has 0 saturated carbocycles. The molecule has 0 saturated heterocycles. The largest absolute Gasteiger partial charge is 0.387 e. The number of allylic oxidation sites excluding steroid dienone is 1. The summed E-state index contributed by atoms with van der Waals surface area (Å²) in [5.41, 5.74) is 3.51. The van der Waals surface area contributed by atoms with Crippen LogP contribution in [0.1, 0.15) is 54.9 Å². The summed E-state index contributed by atoms with van der Waals surface area (Å²) in [6, 6.07) is 0. The Kier molecular flexibility index (Phi) is 4.88. The van der Waals surface area contributed by atoms with Gasteiger partial charge in [-0.2, -0.15) is 0 Å². The van der Waals surface area contributed by atoms with Crippen molar-refractivity contribution in [3.63, 3.8) is 0 Å². The summed E-state index contributed by atoms with van der Waals surface area (Å²) in [6.07, 6.45) is 1.24. The molecule has 2 heteroatoms. The van der Waals surface area contributed by atoms with Gasteiger partial charge in [-0.1, -0.05) is 48.5 Å². The first-order valence-corrected chi connectivity index (χ1v) is 7.36. The molecule has 1 aliphatic heterocycles. The summed E-state index contributed by atoms with van der Waals surface area (Å²) in [4.78, 5) is 2.59. The predicted molar refractivity (Wildman–Crippen MR) is 80.7 cm³/mol. The fraction of sp³-hybridized carbons (Fsp3) is 0.875. The summed E-state index contributed by atoms with van der Waals surface area (Å²) in [7, 11) is 0. The highest BCUT2D eigenvalue weighted by atomic mass is 15.2. The van der Waals surface area contributed by atoms with Crippen LogP contribution in [0.5, 0.6) is 0 Å². The lowest BCUT2D eigenvalue weighted by Gasteiger charge is -2.33. The highest BCUT2D eigenvalue weighted by molar-refractivity contribution is 5.26. The van der Waals surface area contributed by atoms with Gasteiger partial charge in [0.25, 0.3) is 0 Å². The van der Waals surface area contributed by atoms with E-state index in [0.717, 1.165) is 19.6 Å². The fourth-order valence-electron chi connectivity index (χ4n) is 2.66. The molecule has 0 radical (unpaired) electrons. The van der Waals surface area contributed by atoms with Crippen LogP contribution in [0.4, 0.5) is 0 Å². The summed E-state index contributed by atoms with van der Waals surface area (Å²) in [6.45, 7) is 20.8. The van der Waals surface area contributed by atoms with Crippen LogP contribution in [0.25, 0.3) is 0 Å². The minimum Gasteiger partial charge on any atom is -0.387 e. The molecule has 0 aliphatic carbocycles. The minimum absolute atomic E-state index is 0.213. The molecule has 0 aromatic heterocycles. The molecule has 2 nitrogen and oxygen atoms in total. The molecule has 0 aromatic carbocycles. The lowest BCUT2D eigenvalue weighted by Crippen LogP contribution is -2.31. The van der Waals surface area contributed by atoms with Crippen molar-refractivity contribution in [2.45, 2.75) is 54.9 Å². The van der Waals surface area contributed by atoms with Gasteiger partial charge in [-0.25, -0.2) is 0 Å². The van der Waals surface area contributed by atoms with Crippen molar-refractivity contribution < 1.29 is 0 Å². The van der Waals surface area contributed by atoms with Crippen LogP contribution < -0.4 is 5.32 Å². The zero-order valence-electron chi connectivity index (χ0n) is 13.5. The van der Waals surface area contributed by atoms with Crippen LogP contribution >= 0.6 is 0 Å². The molecule has 1 aliphatic rings. The van der Waals surface area contributed by atoms with Crippen molar-refractivity contribution in [2.24, 2.45) is 10.8 Å². The zero-order valence-corrected chi connectivity index (χ0v) is 13.5. The molecule has 0 aromatic rings. The van der Waals surface area contributed by atoms with E-state index >= 15 is 0 Å². The molecule has 0 spiro atoms. The van der Waals surface area contributed by atoms with E-state index in [1.54, 1.807) is 5.57 Å². The van der Waals surface area contributed by atoms with E-state index in [2.05, 4.69) is 58.7 Å². The van der Waals surface area contributed by atoms with Crippen molar-refractivity contribution in [3.8, 4) is 0 Å². The molecule has 0 bridgehead atoms. The Hall–Kier alpha value is -0.500. The third kappa shape index (κ3) is 4.01. The summed E-state index contributed by atoms with van der Waals surface area (Å²) >= 11 is 0. The van der Waals surface area contributed by atoms with Crippen LogP contribution in [0, 0.1) is 10.8 Å². The number of nitrogens with zero attached hydrogens (tertiary/aromatic N) is 1. The van der Waals surface area contributed by atoms with E-state index in [0.29, 0.717) is 0 Å². The maximum absolute atomic E-state index is 3.70. The van der Waals surface area contributed by atoms with Gasteiger partial charge in [0.15, 0.2) is 0 Å². The van der Waals surface area contributed by atoms with E-state index in [1.165, 1.54) is 18.7 Å². The van der Waals surface area contributed by atoms with Gasteiger partial charge in [0.2, 0.25) is 0 Å². The molecule has 106 valence electrons. The van der Waals surface area contributed by atoms with Gasteiger partial charge in [-0.05, 0) is 24.0 Å². The Balaban J connectivity index is 3.10. The summed E-state index contributed by atoms with van der Waals surface area (Å²) < 4.78 is 0. The van der Waals surface area contributed by atoms with Gasteiger partial charge < -0.3 is 5.32 Å². The van der Waals surface area contributed by atoms with Crippen molar-refractivity contribution in [1.82, 2.24) is 10.2 Å². The standard InChI is InChI=1S/C16H32N2/c1-8-10-18-11-9-17-14(16(5,6)7)13(12-18)15(2,3)4/h17H,8-12H2,1-7H3. The van der Waals surface area contributed by atoms with Crippen molar-refractivity contribution >= 4 is 0 Å². The number of rotatable bonds is 2. The fourth-order valence-corrected chi connectivity index (χ4v) is 2.66. The molecule has 0 amide bonds. The topological polar surface area (TPSA) is 15.3 Å². The van der Waals surface area contributed by atoms with Crippen LogP contribution in [0.3, 0.4) is 0 Å². The van der Waals surface area contributed by atoms with E-state index < -0.39 is 0 Å². The van der Waals surface area contributed by atoms with E-state index in [9.17, 15) is 0 Å². The molecular weight excluding hydrogens is 220 g/mol. The van der Waals surface area contributed by atoms with E-state index in [1.807, 2.05) is 0 Å². The van der Waals surface area contributed by atoms with Crippen LogP contribution in [0.15, 0.2) is 11.3 Å². The molecule has 1 heterocycles. The van der Waals surface area contributed by atoms with Gasteiger partial charge in [-0.15, -0.1) is 0 Å². The highest BCUT2D eigenvalue weighted by Crippen LogP contribution is 2.36. The van der Waals surface area contributed by atoms with Crippen molar-refractivity contribution in [3.05, 3.63) is 11.3 Å². The first-order valence-electron chi connectivity index (χ1n) is 7.36. The van der Waals surface area contributed by atoms with Crippen molar-refractivity contribution in [1.29, 1.82) is 0 Å². The average Bonchev–Trinajstić information content (AvgIpc) is 2.39. The average molecular weight is 252 g/mol. The third-order valence-corrected chi connectivity index (χ3v) is 3.61. The maximum atomic E-state index is 3.70. The molecule has 0 unspecified atom stereocenters. The maximum Gasteiger partial charge on any atom is 0.0272 e. The molecule has 0 atom stereocenters. The summed E-state index contributed by atoms with van der Waals surface area (Å²) in [5, 5.41) is 3.70. The van der Waals surface area contributed by atoms with Gasteiger partial charge in [0.1, 0.15) is 0 Å². The van der Waals surface area contributed by atoms with Gasteiger partial charge >= 0.3 is 0 Å². The lowest BCUT2D eigenvalue weighted by molar-refractivity contribution is 0.288. The second kappa shape index (κ2) is 5.64. The molecule has 0 fully saturated rings. The first kappa shape index (κ1) is 15.6. The van der Waals surface area contributed by atoms with Gasteiger partial charge in [0, 0.05) is 30.7 Å². The third-order valence-electron chi connectivity index (χ3n) is 3.61. The Morgan fingerprint density at radius 3 is 2.11 bits per heavy atom. The minimum atomic E-state index is 0.213. The summed E-state index contributed by atoms with van der Waals surface area (Å²) in [5.74, 6) is 0. The second-order valence-electron chi connectivity index (χ2n) is 7.56. The quantitative estimate of drug-likeness (QED) is 0.807. The monoisotopic (exact) mass is 252 g/mol. The van der Waals surface area contributed by atoms with Gasteiger partial charge in [0.05, 0.1) is 0 Å². The Labute approximate surface area is 114 Å². The number of hydrogen-bond acceptors (Lipinski definition) is 2. The second-order valence-corrected chi connectivity index (χ2v) is 7.56. The zero-order chi connectivity index (χ0) is 14.0. The Bertz CT molecular complexity index is 302. The Morgan fingerprint density at radius 2 is 1.67 bits per heavy atom. The number of nitrogens with one attached hydrogen (secondary N) is 1. The van der Waals surface area contributed by atoms with E-state index in [-0.39, 0.29) is 10.8 Å². The van der Waals surface area contributed by atoms with Crippen LogP contribution in [-0.2, 0) is 0 Å². The predicted octanol–water partition coefficient (Wildman–Crippen LogP) is 3.65. The highest BCUT2D eigenvalue weighted by Gasteiger charge is 2.30. The molecule has 1 N–H and O–H groups in total. The smallest absolute Gasteiger partial charge is 0.0272 e. The van der Waals surface area contributed by atoms with Gasteiger partial charge in [-0.3, -0.25) is 4.90 Å². The SMILES string of the molecule is CCCN1CCNC(C(C)(C)C)=C(C(C)(C)C)C1. The van der Waals surface area contributed by atoms with Crippen LogP contribution in [-0.4, -0.2) is 31.1 Å². The molecular formula is C16H32N2. The number of hydrogen-bond donors (Lipinski definition) is 1. The van der Waals surface area contributed by atoms with Crippen LogP contribution in [0.2, 0.25) is 0 Å². The first-order chi connectivity index (χ1) is 8.16.